The van der Waals surface area contributed by atoms with Gasteiger partial charge in [-0.05, 0) is 57.7 Å². The van der Waals surface area contributed by atoms with Crippen molar-refractivity contribution in [2.24, 2.45) is 0 Å². The van der Waals surface area contributed by atoms with Gasteiger partial charge < -0.3 is 24.5 Å². The van der Waals surface area contributed by atoms with Crippen LogP contribution < -0.4 is 5.32 Å². The lowest BCUT2D eigenvalue weighted by molar-refractivity contribution is -0.157. The Kier molecular flexibility index (Phi) is 8.66. The Morgan fingerprint density at radius 3 is 2.42 bits per heavy atom. The van der Waals surface area contributed by atoms with Gasteiger partial charge in [0.25, 0.3) is 0 Å². The zero-order valence-corrected chi connectivity index (χ0v) is 18.4. The number of carbonyl (C=O) groups excluding carboxylic acids is 3. The van der Waals surface area contributed by atoms with Crippen molar-refractivity contribution in [3.63, 3.8) is 0 Å². The van der Waals surface area contributed by atoms with Crippen LogP contribution in [-0.4, -0.2) is 41.3 Å². The van der Waals surface area contributed by atoms with Crippen LogP contribution in [0.2, 0.25) is 0 Å². The van der Waals surface area contributed by atoms with E-state index in [1.807, 2.05) is 30.3 Å². The van der Waals surface area contributed by atoms with Crippen molar-refractivity contribution in [2.45, 2.75) is 58.8 Å². The number of amides is 1. The molecule has 2 aromatic rings. The van der Waals surface area contributed by atoms with Crippen LogP contribution in [0.4, 0.5) is 4.79 Å². The number of aromatic nitrogens is 1. The quantitative estimate of drug-likeness (QED) is 0.463. The van der Waals surface area contributed by atoms with Crippen LogP contribution >= 0.6 is 0 Å². The van der Waals surface area contributed by atoms with Crippen molar-refractivity contribution in [2.75, 3.05) is 6.61 Å². The third-order valence-electron chi connectivity index (χ3n) is 4.21. The largest absolute Gasteiger partial charge is 0.461 e. The number of carbonyl (C=O) groups is 3. The average Bonchev–Trinajstić information content (AvgIpc) is 3.18. The predicted octanol–water partition coefficient (Wildman–Crippen LogP) is 3.76. The average molecular weight is 431 g/mol. The summed E-state index contributed by atoms with van der Waals surface area (Å²) in [5, 5.41) is 2.58. The molecule has 0 spiro atoms. The van der Waals surface area contributed by atoms with Crippen molar-refractivity contribution in [3.05, 3.63) is 59.4 Å². The Morgan fingerprint density at radius 1 is 1.06 bits per heavy atom. The molecule has 1 unspecified atom stereocenters. The fraction of sp³-hybridized carbons (Fsp3) is 0.435. The van der Waals surface area contributed by atoms with E-state index in [0.29, 0.717) is 17.7 Å². The zero-order valence-electron chi connectivity index (χ0n) is 18.4. The molecule has 0 radical (unpaired) electrons. The number of aryl methyl sites for hydroxylation is 1. The predicted molar refractivity (Wildman–Crippen MR) is 114 cm³/mol. The molecule has 1 atom stereocenters. The Labute approximate surface area is 182 Å². The van der Waals surface area contributed by atoms with Crippen LogP contribution in [0.25, 0.3) is 0 Å². The van der Waals surface area contributed by atoms with E-state index in [-0.39, 0.29) is 19.6 Å². The van der Waals surface area contributed by atoms with Gasteiger partial charge in [-0.1, -0.05) is 30.3 Å². The number of esters is 2. The van der Waals surface area contributed by atoms with Gasteiger partial charge in [-0.25, -0.2) is 14.4 Å². The standard InChI is InChI=1S/C23H30N2O6/c1-5-29-21(27)19-17(13-14-24-19)11-12-18(20(26)31-23(2,3)4)25-22(28)30-15-16-9-7-6-8-10-16/h6-10,13-14,18,24H,5,11-12,15H2,1-4H3,(H,25,28). The first kappa shape index (κ1) is 24.0. The molecule has 168 valence electrons. The summed E-state index contributed by atoms with van der Waals surface area (Å²) in [6.07, 6.45) is 1.48. The van der Waals surface area contributed by atoms with E-state index in [1.54, 1.807) is 40.0 Å². The molecule has 8 nitrogen and oxygen atoms in total. The van der Waals surface area contributed by atoms with Crippen LogP contribution in [0.3, 0.4) is 0 Å². The maximum atomic E-state index is 12.7. The normalized spacial score (nSPS) is 12.0. The molecule has 1 aromatic carbocycles. The number of ether oxygens (including phenoxy) is 3. The van der Waals surface area contributed by atoms with Crippen molar-refractivity contribution in [1.29, 1.82) is 0 Å². The lowest BCUT2D eigenvalue weighted by atomic mass is 10.0. The van der Waals surface area contributed by atoms with Gasteiger partial charge in [-0.15, -0.1) is 0 Å². The molecule has 0 saturated carbocycles. The van der Waals surface area contributed by atoms with Gasteiger partial charge >= 0.3 is 18.0 Å². The molecule has 8 heteroatoms. The minimum Gasteiger partial charge on any atom is -0.461 e. The Balaban J connectivity index is 2.03. The summed E-state index contributed by atoms with van der Waals surface area (Å²) in [5.41, 5.74) is 1.13. The van der Waals surface area contributed by atoms with Gasteiger partial charge in [0.1, 0.15) is 23.9 Å². The molecule has 0 aliphatic rings. The number of nitrogens with one attached hydrogen (secondary N) is 2. The monoisotopic (exact) mass is 430 g/mol. The highest BCUT2D eigenvalue weighted by atomic mass is 16.6. The molecule has 2 rings (SSSR count). The van der Waals surface area contributed by atoms with Gasteiger partial charge in [0.2, 0.25) is 0 Å². The summed E-state index contributed by atoms with van der Waals surface area (Å²) in [6, 6.07) is 10.0. The summed E-state index contributed by atoms with van der Waals surface area (Å²) in [5.74, 6) is -1.04. The van der Waals surface area contributed by atoms with Gasteiger partial charge in [0, 0.05) is 6.20 Å². The zero-order chi connectivity index (χ0) is 22.9. The van der Waals surface area contributed by atoms with E-state index < -0.39 is 29.7 Å². The molecule has 31 heavy (non-hydrogen) atoms. The summed E-state index contributed by atoms with van der Waals surface area (Å²) >= 11 is 0. The Morgan fingerprint density at radius 2 is 1.77 bits per heavy atom. The summed E-state index contributed by atoms with van der Waals surface area (Å²) in [6.45, 7) is 7.32. The van der Waals surface area contributed by atoms with Crippen LogP contribution in [0.5, 0.6) is 0 Å². The Bertz CT molecular complexity index is 870. The van der Waals surface area contributed by atoms with E-state index in [0.717, 1.165) is 5.56 Å². The first-order chi connectivity index (χ1) is 14.7. The Hall–Kier alpha value is -3.29. The first-order valence-corrected chi connectivity index (χ1v) is 10.2. The fourth-order valence-electron chi connectivity index (χ4n) is 2.83. The molecule has 0 fully saturated rings. The number of aromatic amines is 1. The smallest absolute Gasteiger partial charge is 0.408 e. The molecule has 0 bridgehead atoms. The molecule has 2 N–H and O–H groups in total. The van der Waals surface area contributed by atoms with Gasteiger partial charge in [0.15, 0.2) is 0 Å². The fourth-order valence-corrected chi connectivity index (χ4v) is 2.83. The second kappa shape index (κ2) is 11.2. The number of alkyl carbamates (subject to hydrolysis) is 1. The van der Waals surface area contributed by atoms with Crippen LogP contribution in [0.1, 0.15) is 55.7 Å². The summed E-state index contributed by atoms with van der Waals surface area (Å²) in [4.78, 5) is 39.9. The molecule has 0 saturated heterocycles. The van der Waals surface area contributed by atoms with Crippen molar-refractivity contribution in [1.82, 2.24) is 10.3 Å². The summed E-state index contributed by atoms with van der Waals surface area (Å²) in [7, 11) is 0. The third-order valence-corrected chi connectivity index (χ3v) is 4.21. The molecule has 1 aromatic heterocycles. The maximum absolute atomic E-state index is 12.7. The van der Waals surface area contributed by atoms with E-state index in [9.17, 15) is 14.4 Å². The van der Waals surface area contributed by atoms with E-state index in [4.69, 9.17) is 14.2 Å². The maximum Gasteiger partial charge on any atom is 0.408 e. The number of rotatable bonds is 9. The second-order valence-corrected chi connectivity index (χ2v) is 7.93. The highest BCUT2D eigenvalue weighted by Gasteiger charge is 2.28. The molecular weight excluding hydrogens is 400 g/mol. The molecular formula is C23H30N2O6. The molecule has 1 heterocycles. The highest BCUT2D eigenvalue weighted by Crippen LogP contribution is 2.15. The highest BCUT2D eigenvalue weighted by molar-refractivity contribution is 5.89. The number of H-pyrrole nitrogens is 1. The second-order valence-electron chi connectivity index (χ2n) is 7.93. The van der Waals surface area contributed by atoms with Gasteiger partial charge in [0.05, 0.1) is 6.61 Å². The SMILES string of the molecule is CCOC(=O)c1[nH]ccc1CCC(NC(=O)OCc1ccccc1)C(=O)OC(C)(C)C. The van der Waals surface area contributed by atoms with Crippen LogP contribution in [0.15, 0.2) is 42.6 Å². The van der Waals surface area contributed by atoms with Gasteiger partial charge in [-0.2, -0.15) is 0 Å². The first-order valence-electron chi connectivity index (χ1n) is 10.2. The van der Waals surface area contributed by atoms with Crippen molar-refractivity contribution in [3.8, 4) is 0 Å². The number of benzene rings is 1. The van der Waals surface area contributed by atoms with Crippen molar-refractivity contribution >= 4 is 18.0 Å². The van der Waals surface area contributed by atoms with Crippen LogP contribution in [-0.2, 0) is 32.0 Å². The molecule has 0 aliphatic carbocycles. The minimum absolute atomic E-state index is 0.0819. The van der Waals surface area contributed by atoms with E-state index >= 15 is 0 Å². The van der Waals surface area contributed by atoms with Crippen molar-refractivity contribution < 1.29 is 28.6 Å². The topological polar surface area (TPSA) is 107 Å². The lowest BCUT2D eigenvalue weighted by Crippen LogP contribution is -2.44. The molecule has 1 amide bonds. The number of hydrogen-bond acceptors (Lipinski definition) is 6. The van der Waals surface area contributed by atoms with Gasteiger partial charge in [-0.3, -0.25) is 0 Å². The minimum atomic E-state index is -0.938. The van der Waals surface area contributed by atoms with E-state index in [2.05, 4.69) is 10.3 Å². The third kappa shape index (κ3) is 8.16. The van der Waals surface area contributed by atoms with E-state index in [1.165, 1.54) is 0 Å². The summed E-state index contributed by atoms with van der Waals surface area (Å²) < 4.78 is 15.7. The molecule has 0 aliphatic heterocycles. The van der Waals surface area contributed by atoms with Crippen LogP contribution in [0, 0.1) is 0 Å². The lowest BCUT2D eigenvalue weighted by Gasteiger charge is -2.24. The number of hydrogen-bond donors (Lipinski definition) is 2.